The molecule has 0 saturated heterocycles. The molecule has 0 aliphatic carbocycles. The van der Waals surface area contributed by atoms with Crippen LogP contribution in [0.3, 0.4) is 0 Å². The fourth-order valence-corrected chi connectivity index (χ4v) is 4.11. The van der Waals surface area contributed by atoms with E-state index in [1.54, 1.807) is 12.4 Å². The van der Waals surface area contributed by atoms with Gasteiger partial charge in [0.2, 0.25) is 0 Å². The molecule has 0 unspecified atom stereocenters. The number of nitriles is 1. The maximum absolute atomic E-state index is 9.19. The first-order valence-corrected chi connectivity index (χ1v) is 8.78. The third-order valence-corrected chi connectivity index (χ3v) is 5.38. The van der Waals surface area contributed by atoms with Crippen LogP contribution < -0.4 is 0 Å². The molecule has 3 aromatic rings. The van der Waals surface area contributed by atoms with Crippen molar-refractivity contribution in [3.8, 4) is 17.5 Å². The number of pyridine rings is 1. The highest BCUT2D eigenvalue weighted by Crippen LogP contribution is 2.37. The monoisotopic (exact) mass is 362 g/mol. The quantitative estimate of drug-likeness (QED) is 0.685. The van der Waals surface area contributed by atoms with Crippen molar-refractivity contribution in [2.75, 3.05) is 0 Å². The molecule has 0 bridgehead atoms. The Kier molecular flexibility index (Phi) is 4.91. The lowest BCUT2D eigenvalue weighted by atomic mass is 10.2. The summed E-state index contributed by atoms with van der Waals surface area (Å²) in [6, 6.07) is 5.88. The molecule has 116 valence electrons. The zero-order valence-corrected chi connectivity index (χ0v) is 14.5. The molecule has 0 N–H and O–H groups in total. The van der Waals surface area contributed by atoms with Crippen LogP contribution in [0.4, 0.5) is 0 Å². The zero-order chi connectivity index (χ0) is 16.2. The Bertz CT molecular complexity index is 852. The van der Waals surface area contributed by atoms with E-state index in [0.29, 0.717) is 5.56 Å². The van der Waals surface area contributed by atoms with Crippen LogP contribution in [0.15, 0.2) is 33.9 Å². The second kappa shape index (κ2) is 7.08. The van der Waals surface area contributed by atoms with Crippen LogP contribution in [0.2, 0.25) is 5.15 Å². The van der Waals surface area contributed by atoms with Crippen LogP contribution in [0.1, 0.15) is 18.9 Å². The maximum atomic E-state index is 9.19. The highest BCUT2D eigenvalue weighted by atomic mass is 35.5. The number of rotatable bonds is 5. The molecule has 23 heavy (non-hydrogen) atoms. The van der Waals surface area contributed by atoms with E-state index in [9.17, 15) is 5.26 Å². The predicted molar refractivity (Wildman–Crippen MR) is 89.5 cm³/mol. The molecule has 0 aliphatic rings. The van der Waals surface area contributed by atoms with E-state index < -0.39 is 0 Å². The molecule has 0 amide bonds. The molecule has 0 aromatic carbocycles. The van der Waals surface area contributed by atoms with E-state index in [1.165, 1.54) is 23.3 Å². The molecular formula is C14H11ClN6S2. The molecule has 0 saturated carbocycles. The second-order valence-corrected chi connectivity index (χ2v) is 6.91. The summed E-state index contributed by atoms with van der Waals surface area (Å²) in [7, 11) is 0. The number of hydrogen-bond acceptors (Lipinski definition) is 7. The summed E-state index contributed by atoms with van der Waals surface area (Å²) < 4.78 is 6.78. The standard InChI is InChI=1S/C14H11ClN6S2/c1-2-7-21-12(9-3-5-17-6-4-9)18-19-14(21)22-13-10(8-16)11(15)20-23-13/h3-6H,2,7H2,1H3. The van der Waals surface area contributed by atoms with Crippen LogP contribution in [-0.2, 0) is 6.54 Å². The average Bonchev–Trinajstić information content (AvgIpc) is 3.13. The molecule has 0 atom stereocenters. The Labute approximate surface area is 146 Å². The van der Waals surface area contributed by atoms with Gasteiger partial charge in [0, 0.05) is 24.5 Å². The summed E-state index contributed by atoms with van der Waals surface area (Å²) in [6.45, 7) is 2.87. The van der Waals surface area contributed by atoms with Crippen LogP contribution in [0.25, 0.3) is 11.4 Å². The average molecular weight is 363 g/mol. The van der Waals surface area contributed by atoms with E-state index in [-0.39, 0.29) is 5.15 Å². The van der Waals surface area contributed by atoms with Gasteiger partial charge in [0.15, 0.2) is 16.1 Å². The number of aromatic nitrogens is 5. The van der Waals surface area contributed by atoms with Crippen molar-refractivity contribution >= 4 is 34.9 Å². The minimum absolute atomic E-state index is 0.232. The molecule has 9 heteroatoms. The third kappa shape index (κ3) is 3.22. The van der Waals surface area contributed by atoms with Gasteiger partial charge in [-0.2, -0.15) is 9.64 Å². The number of hydrogen-bond donors (Lipinski definition) is 0. The molecular weight excluding hydrogens is 352 g/mol. The SMILES string of the molecule is CCCn1c(Sc2snc(Cl)c2C#N)nnc1-c1ccncc1. The Balaban J connectivity index is 2.00. The lowest BCUT2D eigenvalue weighted by Gasteiger charge is -2.08. The van der Waals surface area contributed by atoms with E-state index in [2.05, 4.69) is 32.5 Å². The van der Waals surface area contributed by atoms with Crippen molar-refractivity contribution in [1.82, 2.24) is 24.1 Å². The van der Waals surface area contributed by atoms with Gasteiger partial charge < -0.3 is 4.57 Å². The zero-order valence-electron chi connectivity index (χ0n) is 12.1. The van der Waals surface area contributed by atoms with Gasteiger partial charge in [-0.05, 0) is 41.8 Å². The van der Waals surface area contributed by atoms with Gasteiger partial charge in [-0.15, -0.1) is 10.2 Å². The smallest absolute Gasteiger partial charge is 0.197 e. The second-order valence-electron chi connectivity index (χ2n) is 4.54. The van der Waals surface area contributed by atoms with Crippen molar-refractivity contribution in [3.05, 3.63) is 35.2 Å². The van der Waals surface area contributed by atoms with Gasteiger partial charge >= 0.3 is 0 Å². The van der Waals surface area contributed by atoms with Gasteiger partial charge in [-0.3, -0.25) is 4.98 Å². The Morgan fingerprint density at radius 1 is 1.35 bits per heavy atom. The Morgan fingerprint density at radius 3 is 2.83 bits per heavy atom. The van der Waals surface area contributed by atoms with Crippen molar-refractivity contribution in [1.29, 1.82) is 5.26 Å². The topological polar surface area (TPSA) is 80.3 Å². The van der Waals surface area contributed by atoms with Gasteiger partial charge in [-0.1, -0.05) is 18.5 Å². The van der Waals surface area contributed by atoms with Crippen molar-refractivity contribution in [2.45, 2.75) is 29.3 Å². The predicted octanol–water partition coefficient (Wildman–Crippen LogP) is 3.88. The van der Waals surface area contributed by atoms with Gasteiger partial charge in [0.1, 0.15) is 15.8 Å². The summed E-state index contributed by atoms with van der Waals surface area (Å²) in [5.74, 6) is 0.783. The van der Waals surface area contributed by atoms with E-state index in [4.69, 9.17) is 11.6 Å². The first-order chi connectivity index (χ1) is 11.2. The summed E-state index contributed by atoms with van der Waals surface area (Å²) >= 11 is 8.49. The van der Waals surface area contributed by atoms with E-state index in [1.807, 2.05) is 16.7 Å². The van der Waals surface area contributed by atoms with Crippen LogP contribution in [-0.4, -0.2) is 24.1 Å². The summed E-state index contributed by atoms with van der Waals surface area (Å²) in [4.78, 5) is 4.03. The first kappa shape index (κ1) is 15.9. The molecule has 3 heterocycles. The third-order valence-electron chi connectivity index (χ3n) is 3.02. The van der Waals surface area contributed by atoms with Gasteiger partial charge in [0.25, 0.3) is 0 Å². The van der Waals surface area contributed by atoms with Crippen LogP contribution in [0, 0.1) is 11.3 Å². The Hall–Kier alpha value is -1.95. The highest BCUT2D eigenvalue weighted by molar-refractivity contribution is 8.01. The molecule has 0 radical (unpaired) electrons. The van der Waals surface area contributed by atoms with Crippen LogP contribution >= 0.6 is 34.9 Å². The minimum Gasteiger partial charge on any atom is -0.302 e. The van der Waals surface area contributed by atoms with E-state index in [0.717, 1.165) is 33.7 Å². The lowest BCUT2D eigenvalue weighted by Crippen LogP contribution is -2.01. The molecule has 3 rings (SSSR count). The van der Waals surface area contributed by atoms with Gasteiger partial charge in [-0.25, -0.2) is 0 Å². The van der Waals surface area contributed by atoms with E-state index >= 15 is 0 Å². The maximum Gasteiger partial charge on any atom is 0.197 e. The molecule has 0 fully saturated rings. The Morgan fingerprint density at radius 2 is 2.13 bits per heavy atom. The number of nitrogens with zero attached hydrogens (tertiary/aromatic N) is 6. The molecule has 0 spiro atoms. The molecule has 0 aliphatic heterocycles. The fraction of sp³-hybridized carbons (Fsp3) is 0.214. The number of halogens is 1. The highest BCUT2D eigenvalue weighted by Gasteiger charge is 2.19. The fourth-order valence-electron chi connectivity index (χ4n) is 2.01. The van der Waals surface area contributed by atoms with Crippen molar-refractivity contribution in [3.63, 3.8) is 0 Å². The molecule has 6 nitrogen and oxygen atoms in total. The van der Waals surface area contributed by atoms with Crippen molar-refractivity contribution in [2.24, 2.45) is 0 Å². The molecule has 3 aromatic heterocycles. The van der Waals surface area contributed by atoms with Gasteiger partial charge in [0.05, 0.1) is 0 Å². The summed E-state index contributed by atoms with van der Waals surface area (Å²) in [6.07, 6.45) is 4.39. The largest absolute Gasteiger partial charge is 0.302 e. The minimum atomic E-state index is 0.232. The normalized spacial score (nSPS) is 10.7. The summed E-state index contributed by atoms with van der Waals surface area (Å²) in [5, 5.41) is 18.7. The lowest BCUT2D eigenvalue weighted by molar-refractivity contribution is 0.626. The first-order valence-electron chi connectivity index (χ1n) is 6.81. The summed E-state index contributed by atoms with van der Waals surface area (Å²) in [5.41, 5.74) is 1.34. The van der Waals surface area contributed by atoms with Crippen molar-refractivity contribution < 1.29 is 0 Å². The van der Waals surface area contributed by atoms with Crippen LogP contribution in [0.5, 0.6) is 0 Å².